The molecule has 160 valence electrons. The van der Waals surface area contributed by atoms with E-state index in [0.717, 1.165) is 5.56 Å². The van der Waals surface area contributed by atoms with Gasteiger partial charge >= 0.3 is 0 Å². The molecule has 30 heavy (non-hydrogen) atoms. The molecular weight excluding hydrogens is 449 g/mol. The van der Waals surface area contributed by atoms with E-state index in [2.05, 4.69) is 10.9 Å². The van der Waals surface area contributed by atoms with Gasteiger partial charge in [0.15, 0.2) is 0 Å². The van der Waals surface area contributed by atoms with E-state index in [1.165, 1.54) is 16.4 Å². The lowest BCUT2D eigenvalue weighted by atomic mass is 9.98. The van der Waals surface area contributed by atoms with E-state index in [1.807, 2.05) is 6.92 Å². The quantitative estimate of drug-likeness (QED) is 0.672. The minimum absolute atomic E-state index is 0.0567. The molecule has 0 aromatic heterocycles. The third kappa shape index (κ3) is 4.95. The highest BCUT2D eigenvalue weighted by Gasteiger charge is 2.34. The standard InChI is InChI=1S/C20H21Cl2N3O4S/c1-13-5-7-14(8-6-13)19(26)23-24-20(27)15-9-11-25(12-10-15)30(28,29)18-16(21)3-2-4-17(18)22/h2-8,15H,9-12H2,1H3,(H,23,26)(H,24,27). The zero-order chi connectivity index (χ0) is 21.9. The van der Waals surface area contributed by atoms with Crippen molar-refractivity contribution in [3.8, 4) is 0 Å². The van der Waals surface area contributed by atoms with Gasteiger partial charge in [0.1, 0.15) is 4.90 Å². The monoisotopic (exact) mass is 469 g/mol. The molecule has 1 aliphatic heterocycles. The van der Waals surface area contributed by atoms with Crippen LogP contribution in [0.4, 0.5) is 0 Å². The molecule has 1 heterocycles. The summed E-state index contributed by atoms with van der Waals surface area (Å²) < 4.78 is 27.1. The van der Waals surface area contributed by atoms with Gasteiger partial charge in [0.25, 0.3) is 5.91 Å². The molecule has 10 heteroatoms. The first-order valence-electron chi connectivity index (χ1n) is 9.31. The van der Waals surface area contributed by atoms with Crippen molar-refractivity contribution in [1.82, 2.24) is 15.2 Å². The van der Waals surface area contributed by atoms with Crippen molar-refractivity contribution < 1.29 is 18.0 Å². The number of nitrogens with zero attached hydrogens (tertiary/aromatic N) is 1. The Labute approximate surface area is 185 Å². The number of carbonyl (C=O) groups is 2. The summed E-state index contributed by atoms with van der Waals surface area (Å²) in [6, 6.07) is 11.5. The fraction of sp³-hybridized carbons (Fsp3) is 0.300. The number of hydrazine groups is 1. The molecule has 7 nitrogen and oxygen atoms in total. The highest BCUT2D eigenvalue weighted by atomic mass is 35.5. The lowest BCUT2D eigenvalue weighted by molar-refractivity contribution is -0.126. The highest BCUT2D eigenvalue weighted by Crippen LogP contribution is 2.33. The summed E-state index contributed by atoms with van der Waals surface area (Å²) in [5, 5.41) is 0.113. The van der Waals surface area contributed by atoms with Gasteiger partial charge in [0.05, 0.1) is 10.0 Å². The van der Waals surface area contributed by atoms with Gasteiger partial charge in [-0.05, 0) is 44.0 Å². The van der Waals surface area contributed by atoms with Crippen molar-refractivity contribution in [2.75, 3.05) is 13.1 Å². The summed E-state index contributed by atoms with van der Waals surface area (Å²) in [4.78, 5) is 24.4. The zero-order valence-electron chi connectivity index (χ0n) is 16.2. The molecular formula is C20H21Cl2N3O4S. The molecule has 0 unspecified atom stereocenters. The van der Waals surface area contributed by atoms with Crippen LogP contribution in [0.5, 0.6) is 0 Å². The van der Waals surface area contributed by atoms with Gasteiger partial charge in [-0.1, -0.05) is 47.0 Å². The molecule has 3 rings (SSSR count). The van der Waals surface area contributed by atoms with Crippen molar-refractivity contribution in [2.24, 2.45) is 5.92 Å². The third-order valence-corrected chi connectivity index (χ3v) is 7.81. The fourth-order valence-corrected chi connectivity index (χ4v) is 5.78. The van der Waals surface area contributed by atoms with Gasteiger partial charge in [0, 0.05) is 24.6 Å². The van der Waals surface area contributed by atoms with Crippen LogP contribution in [-0.4, -0.2) is 37.6 Å². The Kier molecular flexibility index (Phi) is 7.02. The number of benzene rings is 2. The SMILES string of the molecule is Cc1ccc(C(=O)NNC(=O)C2CCN(S(=O)(=O)c3c(Cl)cccc3Cl)CC2)cc1. The molecule has 1 aliphatic rings. The summed E-state index contributed by atoms with van der Waals surface area (Å²) >= 11 is 12.1. The van der Waals surface area contributed by atoms with Gasteiger partial charge in [0.2, 0.25) is 15.9 Å². The lowest BCUT2D eigenvalue weighted by Crippen LogP contribution is -2.48. The summed E-state index contributed by atoms with van der Waals surface area (Å²) in [7, 11) is -3.87. The second-order valence-corrected chi connectivity index (χ2v) is 9.73. The second-order valence-electron chi connectivity index (χ2n) is 7.04. The van der Waals surface area contributed by atoms with E-state index >= 15 is 0 Å². The molecule has 0 radical (unpaired) electrons. The first-order chi connectivity index (χ1) is 14.2. The Morgan fingerprint density at radius 3 is 2.10 bits per heavy atom. The smallest absolute Gasteiger partial charge is 0.269 e. The van der Waals surface area contributed by atoms with Gasteiger partial charge in [-0.3, -0.25) is 20.4 Å². The number of hydrogen-bond acceptors (Lipinski definition) is 4. The average Bonchev–Trinajstić information content (AvgIpc) is 2.72. The lowest BCUT2D eigenvalue weighted by Gasteiger charge is -2.31. The van der Waals surface area contributed by atoms with Crippen LogP contribution < -0.4 is 10.9 Å². The van der Waals surface area contributed by atoms with Gasteiger partial charge in [-0.25, -0.2) is 8.42 Å². The van der Waals surface area contributed by atoms with Crippen LogP contribution in [0.2, 0.25) is 10.0 Å². The van der Waals surface area contributed by atoms with Crippen LogP contribution in [0, 0.1) is 12.8 Å². The summed E-state index contributed by atoms with van der Waals surface area (Å²) in [5.41, 5.74) is 6.27. The Hall–Kier alpha value is -2.13. The molecule has 2 aromatic carbocycles. The molecule has 2 amide bonds. The maximum atomic E-state index is 12.9. The van der Waals surface area contributed by atoms with Crippen LogP contribution in [0.3, 0.4) is 0 Å². The van der Waals surface area contributed by atoms with Crippen LogP contribution in [0.15, 0.2) is 47.4 Å². The second kappa shape index (κ2) is 9.34. The molecule has 2 N–H and O–H groups in total. The normalized spacial score (nSPS) is 15.6. The number of halogens is 2. The Morgan fingerprint density at radius 1 is 0.967 bits per heavy atom. The van der Waals surface area contributed by atoms with E-state index in [4.69, 9.17) is 23.2 Å². The number of carbonyl (C=O) groups excluding carboxylic acids is 2. The third-order valence-electron chi connectivity index (χ3n) is 4.95. The van der Waals surface area contributed by atoms with Gasteiger partial charge in [-0.15, -0.1) is 0 Å². The van der Waals surface area contributed by atoms with E-state index in [9.17, 15) is 18.0 Å². The number of rotatable bonds is 4. The minimum atomic E-state index is -3.87. The molecule has 1 saturated heterocycles. The van der Waals surface area contributed by atoms with Crippen molar-refractivity contribution in [3.63, 3.8) is 0 Å². The zero-order valence-corrected chi connectivity index (χ0v) is 18.5. The van der Waals surface area contributed by atoms with Gasteiger partial charge < -0.3 is 0 Å². The van der Waals surface area contributed by atoms with Crippen molar-refractivity contribution >= 4 is 45.0 Å². The molecule has 1 fully saturated rings. The fourth-order valence-electron chi connectivity index (χ4n) is 3.21. The molecule has 0 spiro atoms. The van der Waals surface area contributed by atoms with E-state index in [-0.39, 0.29) is 33.9 Å². The highest BCUT2D eigenvalue weighted by molar-refractivity contribution is 7.89. The molecule has 0 aliphatic carbocycles. The number of piperidine rings is 1. The minimum Gasteiger partial charge on any atom is -0.273 e. The number of hydrogen-bond donors (Lipinski definition) is 2. The number of aryl methyl sites for hydroxylation is 1. The maximum absolute atomic E-state index is 12.9. The van der Waals surface area contributed by atoms with Crippen LogP contribution in [0.25, 0.3) is 0 Å². The number of amides is 2. The number of sulfonamides is 1. The summed E-state index contributed by atoms with van der Waals surface area (Å²) in [6.45, 7) is 2.21. The van der Waals surface area contributed by atoms with Crippen molar-refractivity contribution in [3.05, 3.63) is 63.6 Å². The number of nitrogens with one attached hydrogen (secondary N) is 2. The first kappa shape index (κ1) is 22.6. The maximum Gasteiger partial charge on any atom is 0.269 e. The predicted molar refractivity (Wildman–Crippen MR) is 115 cm³/mol. The van der Waals surface area contributed by atoms with E-state index in [1.54, 1.807) is 30.3 Å². The topological polar surface area (TPSA) is 95.6 Å². The van der Waals surface area contributed by atoms with Crippen molar-refractivity contribution in [1.29, 1.82) is 0 Å². The van der Waals surface area contributed by atoms with Crippen LogP contribution in [0.1, 0.15) is 28.8 Å². The van der Waals surface area contributed by atoms with Gasteiger partial charge in [-0.2, -0.15) is 4.31 Å². The van der Waals surface area contributed by atoms with E-state index in [0.29, 0.717) is 18.4 Å². The Morgan fingerprint density at radius 2 is 1.53 bits per heavy atom. The molecule has 0 atom stereocenters. The van der Waals surface area contributed by atoms with Crippen LogP contribution in [-0.2, 0) is 14.8 Å². The molecule has 2 aromatic rings. The Balaban J connectivity index is 1.56. The predicted octanol–water partition coefficient (Wildman–Crippen LogP) is 3.16. The largest absolute Gasteiger partial charge is 0.273 e. The average molecular weight is 470 g/mol. The van der Waals surface area contributed by atoms with Crippen molar-refractivity contribution in [2.45, 2.75) is 24.7 Å². The molecule has 0 bridgehead atoms. The summed E-state index contributed by atoms with van der Waals surface area (Å²) in [6.07, 6.45) is 0.626. The molecule has 0 saturated carbocycles. The Bertz CT molecular complexity index is 1030. The first-order valence-corrected chi connectivity index (χ1v) is 11.5. The van der Waals surface area contributed by atoms with E-state index < -0.39 is 21.8 Å². The van der Waals surface area contributed by atoms with Crippen LogP contribution >= 0.6 is 23.2 Å². The summed E-state index contributed by atoms with van der Waals surface area (Å²) in [5.74, 6) is -1.20.